The Labute approximate surface area is 115 Å². The Morgan fingerprint density at radius 3 is 2.84 bits per heavy atom. The van der Waals surface area contributed by atoms with Crippen molar-refractivity contribution < 1.29 is 14.0 Å². The van der Waals surface area contributed by atoms with Gasteiger partial charge in [0.1, 0.15) is 11.9 Å². The molecule has 6 heteroatoms. The number of hydrogen-bond donors (Lipinski definition) is 1. The Morgan fingerprint density at radius 1 is 1.47 bits per heavy atom. The average Bonchev–Trinajstić information content (AvgIpc) is 2.53. The summed E-state index contributed by atoms with van der Waals surface area (Å²) in [5, 5.41) is 2.66. The lowest BCUT2D eigenvalue weighted by Crippen LogP contribution is -2.44. The number of carbonyl (C=O) groups is 2. The van der Waals surface area contributed by atoms with Gasteiger partial charge in [0.2, 0.25) is 11.8 Å². The number of halogens is 2. The summed E-state index contributed by atoms with van der Waals surface area (Å²) in [4.78, 5) is 25.2. The lowest BCUT2D eigenvalue weighted by atomic mass is 10.2. The number of nitrogens with one attached hydrogen (secondary N) is 1. The molecule has 0 spiro atoms. The van der Waals surface area contributed by atoms with Gasteiger partial charge in [-0.15, -0.1) is 0 Å². The van der Waals surface area contributed by atoms with Crippen molar-refractivity contribution in [3.8, 4) is 0 Å². The third kappa shape index (κ3) is 2.87. The molecule has 19 heavy (non-hydrogen) atoms. The summed E-state index contributed by atoms with van der Waals surface area (Å²) >= 11 is 5.62. The predicted octanol–water partition coefficient (Wildman–Crippen LogP) is 2.11. The predicted molar refractivity (Wildman–Crippen MR) is 70.6 cm³/mol. The standard InChI is InChI=1S/C13H14ClFN2O2/c1-2-11-13(19)17(6-5-12(18)16-11)8-3-4-9(14)10(15)7-8/h3-4,7,11H,2,5-6H2,1H3,(H,16,18). The van der Waals surface area contributed by atoms with E-state index in [9.17, 15) is 14.0 Å². The summed E-state index contributed by atoms with van der Waals surface area (Å²) in [6.45, 7) is 2.05. The summed E-state index contributed by atoms with van der Waals surface area (Å²) in [6.07, 6.45) is 0.698. The van der Waals surface area contributed by atoms with Crippen molar-refractivity contribution in [3.63, 3.8) is 0 Å². The fraction of sp³-hybridized carbons (Fsp3) is 0.385. The van der Waals surface area contributed by atoms with Gasteiger partial charge in [-0.3, -0.25) is 9.59 Å². The summed E-state index contributed by atoms with van der Waals surface area (Å²) in [7, 11) is 0. The van der Waals surface area contributed by atoms with E-state index in [1.165, 1.54) is 17.0 Å². The Kier molecular flexibility index (Phi) is 4.04. The van der Waals surface area contributed by atoms with Gasteiger partial charge in [0, 0.05) is 18.7 Å². The van der Waals surface area contributed by atoms with E-state index in [2.05, 4.69) is 5.32 Å². The molecule has 0 aliphatic carbocycles. The molecule has 1 aromatic rings. The molecule has 0 saturated carbocycles. The van der Waals surface area contributed by atoms with Crippen molar-refractivity contribution in [3.05, 3.63) is 29.0 Å². The van der Waals surface area contributed by atoms with E-state index in [1.807, 2.05) is 6.92 Å². The molecule has 1 heterocycles. The van der Waals surface area contributed by atoms with Crippen molar-refractivity contribution in [2.24, 2.45) is 0 Å². The van der Waals surface area contributed by atoms with Gasteiger partial charge in [-0.25, -0.2) is 4.39 Å². The molecule has 1 N–H and O–H groups in total. The van der Waals surface area contributed by atoms with Gasteiger partial charge in [0.05, 0.1) is 5.02 Å². The normalized spacial score (nSPS) is 20.2. The fourth-order valence-corrected chi connectivity index (χ4v) is 2.14. The topological polar surface area (TPSA) is 49.4 Å². The number of hydrogen-bond acceptors (Lipinski definition) is 2. The van der Waals surface area contributed by atoms with Gasteiger partial charge in [0.25, 0.3) is 0 Å². The van der Waals surface area contributed by atoms with Crippen LogP contribution in [0.15, 0.2) is 18.2 Å². The third-order valence-corrected chi connectivity index (χ3v) is 3.39. The molecule has 2 rings (SSSR count). The molecule has 102 valence electrons. The molecular formula is C13H14ClFN2O2. The van der Waals surface area contributed by atoms with Crippen LogP contribution in [0, 0.1) is 5.82 Å². The molecule has 4 nitrogen and oxygen atoms in total. The number of anilines is 1. The first-order valence-electron chi connectivity index (χ1n) is 6.08. The molecule has 0 radical (unpaired) electrons. The molecule has 1 atom stereocenters. The molecule has 0 bridgehead atoms. The maximum atomic E-state index is 13.5. The number of benzene rings is 1. The minimum atomic E-state index is -0.580. The highest BCUT2D eigenvalue weighted by Crippen LogP contribution is 2.23. The summed E-state index contributed by atoms with van der Waals surface area (Å²) in [5.41, 5.74) is 0.418. The van der Waals surface area contributed by atoms with Crippen LogP contribution in [0.25, 0.3) is 0 Å². The van der Waals surface area contributed by atoms with Crippen LogP contribution in [-0.2, 0) is 9.59 Å². The third-order valence-electron chi connectivity index (χ3n) is 3.08. The highest BCUT2D eigenvalue weighted by Gasteiger charge is 2.29. The first kappa shape index (κ1) is 13.8. The molecular weight excluding hydrogens is 271 g/mol. The van der Waals surface area contributed by atoms with Crippen molar-refractivity contribution in [1.82, 2.24) is 5.32 Å². The molecule has 1 unspecified atom stereocenters. The van der Waals surface area contributed by atoms with Gasteiger partial charge in [-0.2, -0.15) is 0 Å². The summed E-state index contributed by atoms with van der Waals surface area (Å²) < 4.78 is 13.5. The summed E-state index contributed by atoms with van der Waals surface area (Å²) in [6, 6.07) is 3.63. The average molecular weight is 285 g/mol. The second kappa shape index (κ2) is 5.57. The molecule has 1 aliphatic rings. The smallest absolute Gasteiger partial charge is 0.249 e. The largest absolute Gasteiger partial charge is 0.344 e. The SMILES string of the molecule is CCC1NC(=O)CCN(c2ccc(Cl)c(F)c2)C1=O. The number of rotatable bonds is 2. The van der Waals surface area contributed by atoms with Crippen molar-refractivity contribution >= 4 is 29.1 Å². The minimum absolute atomic E-state index is 0.00673. The van der Waals surface area contributed by atoms with Crippen LogP contribution < -0.4 is 10.2 Å². The van der Waals surface area contributed by atoms with Gasteiger partial charge >= 0.3 is 0 Å². The lowest BCUT2D eigenvalue weighted by molar-refractivity contribution is -0.125. The highest BCUT2D eigenvalue weighted by atomic mass is 35.5. The lowest BCUT2D eigenvalue weighted by Gasteiger charge is -2.23. The van der Waals surface area contributed by atoms with Gasteiger partial charge in [0.15, 0.2) is 0 Å². The van der Waals surface area contributed by atoms with Gasteiger partial charge in [-0.05, 0) is 24.6 Å². The van der Waals surface area contributed by atoms with Crippen LogP contribution in [0.2, 0.25) is 5.02 Å². The molecule has 0 aromatic heterocycles. The van der Waals surface area contributed by atoms with Crippen molar-refractivity contribution in [1.29, 1.82) is 0 Å². The second-order valence-electron chi connectivity index (χ2n) is 4.37. The highest BCUT2D eigenvalue weighted by molar-refractivity contribution is 6.30. The quantitative estimate of drug-likeness (QED) is 0.904. The zero-order valence-electron chi connectivity index (χ0n) is 10.5. The van der Waals surface area contributed by atoms with E-state index >= 15 is 0 Å². The fourth-order valence-electron chi connectivity index (χ4n) is 2.03. The van der Waals surface area contributed by atoms with Crippen molar-refractivity contribution in [2.75, 3.05) is 11.4 Å². The van der Waals surface area contributed by atoms with Crippen molar-refractivity contribution in [2.45, 2.75) is 25.8 Å². The van der Waals surface area contributed by atoms with Crippen LogP contribution in [0.5, 0.6) is 0 Å². The number of amides is 2. The van der Waals surface area contributed by atoms with Crippen LogP contribution >= 0.6 is 11.6 Å². The Balaban J connectivity index is 2.33. The van der Waals surface area contributed by atoms with E-state index in [0.717, 1.165) is 0 Å². The number of nitrogens with zero attached hydrogens (tertiary/aromatic N) is 1. The van der Waals surface area contributed by atoms with Gasteiger partial charge in [-0.1, -0.05) is 18.5 Å². The molecule has 1 saturated heterocycles. The summed E-state index contributed by atoms with van der Waals surface area (Å²) in [5.74, 6) is -0.976. The zero-order chi connectivity index (χ0) is 14.0. The van der Waals surface area contributed by atoms with E-state index in [4.69, 9.17) is 11.6 Å². The number of carbonyl (C=O) groups excluding carboxylic acids is 2. The molecule has 1 aromatic carbocycles. The van der Waals surface area contributed by atoms with Crippen LogP contribution in [-0.4, -0.2) is 24.4 Å². The first-order valence-corrected chi connectivity index (χ1v) is 6.46. The Bertz CT molecular complexity index is 521. The van der Waals surface area contributed by atoms with E-state index < -0.39 is 11.9 Å². The zero-order valence-corrected chi connectivity index (χ0v) is 11.2. The molecule has 2 amide bonds. The first-order chi connectivity index (χ1) is 9.02. The van der Waals surface area contributed by atoms with E-state index in [1.54, 1.807) is 6.07 Å². The van der Waals surface area contributed by atoms with Crippen LogP contribution in [0.4, 0.5) is 10.1 Å². The molecule has 1 aliphatic heterocycles. The van der Waals surface area contributed by atoms with E-state index in [-0.39, 0.29) is 29.8 Å². The second-order valence-corrected chi connectivity index (χ2v) is 4.77. The van der Waals surface area contributed by atoms with Crippen LogP contribution in [0.3, 0.4) is 0 Å². The maximum Gasteiger partial charge on any atom is 0.249 e. The maximum absolute atomic E-state index is 13.5. The van der Waals surface area contributed by atoms with E-state index in [0.29, 0.717) is 12.1 Å². The minimum Gasteiger partial charge on any atom is -0.344 e. The molecule has 1 fully saturated rings. The van der Waals surface area contributed by atoms with Crippen LogP contribution in [0.1, 0.15) is 19.8 Å². The van der Waals surface area contributed by atoms with Gasteiger partial charge < -0.3 is 10.2 Å². The monoisotopic (exact) mass is 284 g/mol. The Morgan fingerprint density at radius 2 is 2.21 bits per heavy atom. The Hall–Kier alpha value is -1.62.